The standard InChI is InChI=1S/C11HF23O5S/c12-1(13,3(16,17)5(20,21)11(33,34)40(35,36)37)2(14,15)4(18,19)7(25,26)38-9(29,30)10(31,32)39-8(27,28)6(22,23)24/h(H,35,36,37)/p-1. The van der Waals surface area contributed by atoms with Crippen molar-refractivity contribution in [2.24, 2.45) is 0 Å². The fourth-order valence-corrected chi connectivity index (χ4v) is 2.12. The highest BCUT2D eigenvalue weighted by Gasteiger charge is 2.94. The van der Waals surface area contributed by atoms with Gasteiger partial charge in [0.25, 0.3) is 0 Å². The van der Waals surface area contributed by atoms with Gasteiger partial charge >= 0.3 is 65.5 Å². The van der Waals surface area contributed by atoms with Gasteiger partial charge in [0.05, 0.1) is 0 Å². The molecule has 0 bridgehead atoms. The molecule has 0 spiro atoms. The predicted molar refractivity (Wildman–Crippen MR) is 67.4 cm³/mol. The molecule has 0 fully saturated rings. The van der Waals surface area contributed by atoms with E-state index in [1.165, 1.54) is 0 Å². The van der Waals surface area contributed by atoms with Crippen molar-refractivity contribution in [2.75, 3.05) is 0 Å². The minimum absolute atomic E-state index is 0.883. The SMILES string of the molecule is O=S(=O)([O-])C(F)(F)C(F)(F)C(F)(F)C(F)(F)C(F)(F)C(F)(F)C(F)(F)OC(F)(F)C(F)(F)OC(F)(F)C(F)(F)F. The monoisotopic (exact) mass is 681 g/mol. The maximum absolute atomic E-state index is 13.4. The Balaban J connectivity index is 6.84. The van der Waals surface area contributed by atoms with E-state index < -0.39 is 75.6 Å². The first-order valence-corrected chi connectivity index (χ1v) is 9.28. The van der Waals surface area contributed by atoms with Crippen molar-refractivity contribution >= 4 is 10.1 Å². The van der Waals surface area contributed by atoms with Crippen LogP contribution in [0.15, 0.2) is 0 Å². The van der Waals surface area contributed by atoms with Crippen LogP contribution in [0.2, 0.25) is 0 Å². The van der Waals surface area contributed by atoms with E-state index in [4.69, 9.17) is 0 Å². The Labute approximate surface area is 200 Å². The Morgan fingerprint density at radius 3 is 0.900 bits per heavy atom. The summed E-state index contributed by atoms with van der Waals surface area (Å²) < 4.78 is 329. The molecule has 0 radical (unpaired) electrons. The summed E-state index contributed by atoms with van der Waals surface area (Å²) >= 11 is 0. The second-order valence-corrected chi connectivity index (χ2v) is 8.03. The second-order valence-electron chi connectivity index (χ2n) is 6.61. The lowest BCUT2D eigenvalue weighted by molar-refractivity contribution is -0.556. The average Bonchev–Trinajstić information content (AvgIpc) is 2.63. The summed E-state index contributed by atoms with van der Waals surface area (Å²) in [5.41, 5.74) is 0. The highest BCUT2D eigenvalue weighted by Crippen LogP contribution is 2.63. The lowest BCUT2D eigenvalue weighted by Gasteiger charge is -2.43. The third-order valence-corrected chi connectivity index (χ3v) is 4.69. The molecule has 0 aromatic carbocycles. The minimum atomic E-state index is -9.28. The van der Waals surface area contributed by atoms with E-state index in [1.807, 2.05) is 0 Å². The Bertz CT molecular complexity index is 1040. The highest BCUT2D eigenvalue weighted by molar-refractivity contribution is 7.86. The normalized spacial score (nSPS) is 16.9. The molecule has 5 nitrogen and oxygen atoms in total. The number of alkyl halides is 23. The van der Waals surface area contributed by atoms with Gasteiger partial charge in [-0.3, -0.25) is 0 Å². The maximum atomic E-state index is 13.4. The van der Waals surface area contributed by atoms with Crippen LogP contribution in [0.1, 0.15) is 0 Å². The Hall–Kier alpha value is -1.78. The van der Waals surface area contributed by atoms with Crippen molar-refractivity contribution in [1.29, 1.82) is 0 Å². The van der Waals surface area contributed by atoms with Crippen molar-refractivity contribution in [2.45, 2.75) is 65.5 Å². The van der Waals surface area contributed by atoms with Crippen molar-refractivity contribution < 1.29 is 123 Å². The third kappa shape index (κ3) is 5.40. The molecule has 0 saturated carbocycles. The lowest BCUT2D eigenvalue weighted by atomic mass is 9.93. The topological polar surface area (TPSA) is 75.7 Å². The molecule has 0 aromatic rings. The van der Waals surface area contributed by atoms with E-state index in [1.54, 1.807) is 0 Å². The van der Waals surface area contributed by atoms with Crippen LogP contribution in [0.4, 0.5) is 101 Å². The van der Waals surface area contributed by atoms with E-state index in [9.17, 15) is 114 Å². The van der Waals surface area contributed by atoms with Gasteiger partial charge in [-0.2, -0.15) is 101 Å². The van der Waals surface area contributed by atoms with Crippen LogP contribution in [0, 0.1) is 0 Å². The number of halogens is 23. The molecule has 40 heavy (non-hydrogen) atoms. The average molecular weight is 681 g/mol. The van der Waals surface area contributed by atoms with Gasteiger partial charge in [-0.25, -0.2) is 17.9 Å². The van der Waals surface area contributed by atoms with Crippen molar-refractivity contribution in [3.63, 3.8) is 0 Å². The molecular formula is C11F23O5S-. The van der Waals surface area contributed by atoms with Crippen LogP contribution in [0.3, 0.4) is 0 Å². The molecule has 0 heterocycles. The van der Waals surface area contributed by atoms with Gasteiger partial charge in [0, 0.05) is 0 Å². The second kappa shape index (κ2) is 9.36. The highest BCUT2D eigenvalue weighted by atomic mass is 32.2. The van der Waals surface area contributed by atoms with Crippen molar-refractivity contribution in [1.82, 2.24) is 0 Å². The molecule has 242 valence electrons. The van der Waals surface area contributed by atoms with Gasteiger partial charge in [0.1, 0.15) is 0 Å². The molecule has 0 saturated heterocycles. The number of hydrogen-bond acceptors (Lipinski definition) is 5. The summed E-state index contributed by atoms with van der Waals surface area (Å²) in [6, 6.07) is 0. The number of hydrogen-bond donors (Lipinski definition) is 0. The zero-order chi connectivity index (χ0) is 33.4. The van der Waals surface area contributed by atoms with E-state index in [-0.39, 0.29) is 0 Å². The number of ether oxygens (including phenoxy) is 2. The quantitative estimate of drug-likeness (QED) is 0.180. The van der Waals surface area contributed by atoms with Gasteiger partial charge in [-0.15, -0.1) is 0 Å². The van der Waals surface area contributed by atoms with Crippen molar-refractivity contribution in [3.8, 4) is 0 Å². The van der Waals surface area contributed by atoms with Gasteiger partial charge in [0.2, 0.25) is 0 Å². The molecule has 0 N–H and O–H groups in total. The minimum Gasteiger partial charge on any atom is -0.743 e. The van der Waals surface area contributed by atoms with Crippen LogP contribution in [-0.2, 0) is 19.6 Å². The summed E-state index contributed by atoms with van der Waals surface area (Å²) in [6.45, 7) is 0. The van der Waals surface area contributed by atoms with Gasteiger partial charge in [-0.05, 0) is 0 Å². The first-order chi connectivity index (χ1) is 16.7. The molecule has 0 rings (SSSR count). The molecule has 0 amide bonds. The molecule has 0 unspecified atom stereocenters. The van der Waals surface area contributed by atoms with Crippen LogP contribution in [-0.4, -0.2) is 78.4 Å². The summed E-state index contributed by atoms with van der Waals surface area (Å²) in [7, 11) is -8.37. The molecule has 29 heteroatoms. The van der Waals surface area contributed by atoms with Crippen LogP contribution >= 0.6 is 0 Å². The van der Waals surface area contributed by atoms with E-state index in [2.05, 4.69) is 0 Å². The van der Waals surface area contributed by atoms with Crippen molar-refractivity contribution in [3.05, 3.63) is 0 Å². The Kier molecular flexibility index (Phi) is 8.95. The van der Waals surface area contributed by atoms with E-state index >= 15 is 0 Å². The molecule has 0 aromatic heterocycles. The van der Waals surface area contributed by atoms with Gasteiger partial charge < -0.3 is 4.55 Å². The third-order valence-electron chi connectivity index (χ3n) is 3.80. The summed E-state index contributed by atoms with van der Waals surface area (Å²) in [6.07, 6.45) is -40.0. The zero-order valence-corrected chi connectivity index (χ0v) is 17.5. The van der Waals surface area contributed by atoms with E-state index in [0.717, 1.165) is 9.47 Å². The first-order valence-electron chi connectivity index (χ1n) is 7.87. The fourth-order valence-electron chi connectivity index (χ4n) is 1.68. The molecule has 0 aliphatic heterocycles. The van der Waals surface area contributed by atoms with Gasteiger partial charge in [-0.1, -0.05) is 0 Å². The summed E-state index contributed by atoms with van der Waals surface area (Å²) in [5.74, 6) is -45.6. The van der Waals surface area contributed by atoms with Gasteiger partial charge in [0.15, 0.2) is 10.1 Å². The smallest absolute Gasteiger partial charge is 0.483 e. The van der Waals surface area contributed by atoms with Crippen LogP contribution in [0.25, 0.3) is 0 Å². The molecule has 0 aliphatic carbocycles. The van der Waals surface area contributed by atoms with E-state index in [0.29, 0.717) is 0 Å². The summed E-state index contributed by atoms with van der Waals surface area (Å²) in [5, 5.41) is -8.19. The Morgan fingerprint density at radius 2 is 0.625 bits per heavy atom. The summed E-state index contributed by atoms with van der Waals surface area (Å²) in [4.78, 5) is 0. The largest absolute Gasteiger partial charge is 0.743 e. The molecular weight excluding hydrogens is 681 g/mol. The zero-order valence-electron chi connectivity index (χ0n) is 16.6. The molecule has 0 atom stereocenters. The maximum Gasteiger partial charge on any atom is 0.483 e. The lowest BCUT2D eigenvalue weighted by Crippen LogP contribution is -2.74. The predicted octanol–water partition coefficient (Wildman–Crippen LogP) is 6.27. The number of rotatable bonds is 12. The fraction of sp³-hybridized carbons (Fsp3) is 1.00. The molecule has 0 aliphatic rings. The van der Waals surface area contributed by atoms with Crippen LogP contribution in [0.5, 0.6) is 0 Å². The Morgan fingerprint density at radius 1 is 0.375 bits per heavy atom. The van der Waals surface area contributed by atoms with Crippen LogP contribution < -0.4 is 0 Å². The first kappa shape index (κ1) is 38.2.